The van der Waals surface area contributed by atoms with Gasteiger partial charge in [-0.3, -0.25) is 0 Å². The Bertz CT molecular complexity index is 1320. The minimum Gasteiger partial charge on any atom is -0.354 e. The van der Waals surface area contributed by atoms with Crippen LogP contribution in [0.2, 0.25) is 0 Å². The van der Waals surface area contributed by atoms with Crippen LogP contribution in [0.1, 0.15) is 33.8 Å². The van der Waals surface area contributed by atoms with E-state index >= 15 is 0 Å². The zero-order valence-electron chi connectivity index (χ0n) is 19.8. The minimum absolute atomic E-state index is 0.144. The van der Waals surface area contributed by atoms with Crippen LogP contribution in [0, 0.1) is 20.8 Å². The molecule has 3 aromatic rings. The Morgan fingerprint density at radius 2 is 1.57 bits per heavy atom. The molecule has 1 saturated heterocycles. The van der Waals surface area contributed by atoms with Crippen molar-refractivity contribution in [2.24, 2.45) is 0 Å². The Labute approximate surface area is 203 Å². The van der Waals surface area contributed by atoms with E-state index in [1.807, 2.05) is 25.7 Å². The number of anilines is 1. The third-order valence-corrected chi connectivity index (χ3v) is 8.04. The molecule has 0 N–H and O–H groups in total. The number of hydrogen-bond donors (Lipinski definition) is 0. The summed E-state index contributed by atoms with van der Waals surface area (Å²) in [6.07, 6.45) is -3.97. The molecule has 0 radical (unpaired) electrons. The average Bonchev–Trinajstić information content (AvgIpc) is 2.81. The number of sulfonamides is 1. The van der Waals surface area contributed by atoms with Crippen LogP contribution in [0.3, 0.4) is 0 Å². The van der Waals surface area contributed by atoms with Crippen molar-refractivity contribution in [1.82, 2.24) is 14.3 Å². The zero-order valence-corrected chi connectivity index (χ0v) is 20.6. The highest BCUT2D eigenvalue weighted by Gasteiger charge is 2.34. The molecule has 0 saturated carbocycles. The molecule has 186 valence electrons. The van der Waals surface area contributed by atoms with Gasteiger partial charge in [-0.25, -0.2) is 18.4 Å². The first-order valence-electron chi connectivity index (χ1n) is 11.3. The monoisotopic (exact) mass is 504 g/mol. The molecule has 4 rings (SSSR count). The summed E-state index contributed by atoms with van der Waals surface area (Å²) in [6, 6.07) is 12.1. The first kappa shape index (κ1) is 25.1. The largest absolute Gasteiger partial charge is 0.416 e. The second-order valence-electron chi connectivity index (χ2n) is 8.74. The van der Waals surface area contributed by atoms with Gasteiger partial charge in [-0.1, -0.05) is 35.9 Å². The lowest BCUT2D eigenvalue weighted by Crippen LogP contribution is -2.49. The Kier molecular flexibility index (Phi) is 6.88. The first-order valence-corrected chi connectivity index (χ1v) is 12.7. The van der Waals surface area contributed by atoms with Crippen molar-refractivity contribution in [1.29, 1.82) is 0 Å². The average molecular weight is 505 g/mol. The topological polar surface area (TPSA) is 66.4 Å². The van der Waals surface area contributed by atoms with Gasteiger partial charge in [-0.15, -0.1) is 0 Å². The molecule has 1 aromatic heterocycles. The van der Waals surface area contributed by atoms with E-state index in [1.54, 1.807) is 0 Å². The van der Waals surface area contributed by atoms with E-state index < -0.39 is 21.8 Å². The zero-order chi connectivity index (χ0) is 25.4. The van der Waals surface area contributed by atoms with Crippen LogP contribution in [0.5, 0.6) is 0 Å². The molecule has 10 heteroatoms. The summed E-state index contributed by atoms with van der Waals surface area (Å²) in [4.78, 5) is 10.9. The highest BCUT2D eigenvalue weighted by molar-refractivity contribution is 7.89. The van der Waals surface area contributed by atoms with Crippen molar-refractivity contribution in [3.63, 3.8) is 0 Å². The van der Waals surface area contributed by atoms with E-state index in [1.165, 1.54) is 15.9 Å². The SMILES string of the molecule is Cc1ccc(Cc2c(C)nc(C)nc2N2CCN(S(=O)(=O)c3cccc(C(F)(F)F)c3)CC2)cc1. The van der Waals surface area contributed by atoms with Gasteiger partial charge in [0.25, 0.3) is 0 Å². The van der Waals surface area contributed by atoms with Gasteiger partial charge in [-0.05, 0) is 44.5 Å². The maximum atomic E-state index is 13.1. The van der Waals surface area contributed by atoms with E-state index in [-0.39, 0.29) is 18.0 Å². The van der Waals surface area contributed by atoms with Crippen LogP contribution < -0.4 is 4.90 Å². The number of alkyl halides is 3. The van der Waals surface area contributed by atoms with Crippen molar-refractivity contribution in [3.8, 4) is 0 Å². The van der Waals surface area contributed by atoms with Crippen LogP contribution >= 0.6 is 0 Å². The molecule has 1 aliphatic rings. The normalized spacial score (nSPS) is 15.4. The highest BCUT2D eigenvalue weighted by Crippen LogP contribution is 2.32. The van der Waals surface area contributed by atoms with Gasteiger partial charge in [0, 0.05) is 43.9 Å². The van der Waals surface area contributed by atoms with Crippen LogP contribution in [-0.2, 0) is 22.6 Å². The van der Waals surface area contributed by atoms with Crippen LogP contribution in [0.15, 0.2) is 53.4 Å². The summed E-state index contributed by atoms with van der Waals surface area (Å²) in [5.74, 6) is 1.40. The van der Waals surface area contributed by atoms with Gasteiger partial charge in [0.15, 0.2) is 0 Å². The molecule has 6 nitrogen and oxygen atoms in total. The molecule has 0 atom stereocenters. The quantitative estimate of drug-likeness (QED) is 0.511. The van der Waals surface area contributed by atoms with Crippen molar-refractivity contribution in [3.05, 3.63) is 82.3 Å². The summed E-state index contributed by atoms with van der Waals surface area (Å²) in [6.45, 7) is 6.82. The van der Waals surface area contributed by atoms with E-state index in [0.717, 1.165) is 34.8 Å². The predicted molar refractivity (Wildman–Crippen MR) is 128 cm³/mol. The summed E-state index contributed by atoms with van der Waals surface area (Å²) >= 11 is 0. The fourth-order valence-corrected chi connectivity index (χ4v) is 5.69. The number of hydrogen-bond acceptors (Lipinski definition) is 5. The molecule has 2 aromatic carbocycles. The van der Waals surface area contributed by atoms with Crippen LogP contribution in [0.4, 0.5) is 19.0 Å². The smallest absolute Gasteiger partial charge is 0.354 e. The van der Waals surface area contributed by atoms with E-state index in [9.17, 15) is 21.6 Å². The number of rotatable bonds is 5. The number of nitrogens with zero attached hydrogens (tertiary/aromatic N) is 4. The molecule has 0 amide bonds. The summed E-state index contributed by atoms with van der Waals surface area (Å²) in [5.41, 5.74) is 3.16. The molecule has 2 heterocycles. The molecular formula is C25H27F3N4O2S. The Balaban J connectivity index is 1.55. The lowest BCUT2D eigenvalue weighted by Gasteiger charge is -2.36. The second kappa shape index (κ2) is 9.58. The number of piperazine rings is 1. The molecule has 35 heavy (non-hydrogen) atoms. The Morgan fingerprint density at radius 3 is 2.20 bits per heavy atom. The predicted octanol–water partition coefficient (Wildman–Crippen LogP) is 4.52. The lowest BCUT2D eigenvalue weighted by atomic mass is 10.0. The number of benzene rings is 2. The molecule has 0 spiro atoms. The highest BCUT2D eigenvalue weighted by atomic mass is 32.2. The van der Waals surface area contributed by atoms with Gasteiger partial charge < -0.3 is 4.90 Å². The fourth-order valence-electron chi connectivity index (χ4n) is 4.22. The lowest BCUT2D eigenvalue weighted by molar-refractivity contribution is -0.137. The van der Waals surface area contributed by atoms with Crippen molar-refractivity contribution < 1.29 is 21.6 Å². The summed E-state index contributed by atoms with van der Waals surface area (Å²) < 4.78 is 66.6. The van der Waals surface area contributed by atoms with E-state index in [0.29, 0.717) is 31.4 Å². The van der Waals surface area contributed by atoms with Gasteiger partial charge in [0.1, 0.15) is 11.6 Å². The standard InChI is InChI=1S/C25H27F3N4O2S/c1-17-7-9-20(10-8-17)15-23-18(2)29-19(3)30-24(23)31-11-13-32(14-12-31)35(33,34)22-6-4-5-21(16-22)25(26,27)28/h4-10,16H,11-15H2,1-3H3. The molecule has 0 aliphatic carbocycles. The molecule has 1 fully saturated rings. The fraction of sp³-hybridized carbons (Fsp3) is 0.360. The van der Waals surface area contributed by atoms with Crippen molar-refractivity contribution in [2.75, 3.05) is 31.1 Å². The number of aromatic nitrogens is 2. The van der Waals surface area contributed by atoms with Crippen molar-refractivity contribution >= 4 is 15.8 Å². The molecule has 0 bridgehead atoms. The second-order valence-corrected chi connectivity index (χ2v) is 10.7. The van der Waals surface area contributed by atoms with Gasteiger partial charge in [-0.2, -0.15) is 17.5 Å². The Hall–Kier alpha value is -2.98. The van der Waals surface area contributed by atoms with Crippen molar-refractivity contribution in [2.45, 2.75) is 38.3 Å². The molecule has 0 unspecified atom stereocenters. The third kappa shape index (κ3) is 5.48. The summed E-state index contributed by atoms with van der Waals surface area (Å²) in [7, 11) is -4.06. The first-order chi connectivity index (χ1) is 16.4. The number of aryl methyl sites for hydroxylation is 3. The maximum Gasteiger partial charge on any atom is 0.416 e. The number of halogens is 3. The van der Waals surface area contributed by atoms with E-state index in [2.05, 4.69) is 34.2 Å². The Morgan fingerprint density at radius 1 is 0.914 bits per heavy atom. The van der Waals surface area contributed by atoms with Crippen LogP contribution in [-0.4, -0.2) is 48.9 Å². The maximum absolute atomic E-state index is 13.1. The van der Waals surface area contributed by atoms with Gasteiger partial charge in [0.05, 0.1) is 10.5 Å². The third-order valence-electron chi connectivity index (χ3n) is 6.14. The van der Waals surface area contributed by atoms with Crippen LogP contribution in [0.25, 0.3) is 0 Å². The van der Waals surface area contributed by atoms with Gasteiger partial charge in [0.2, 0.25) is 10.0 Å². The summed E-state index contributed by atoms with van der Waals surface area (Å²) in [5, 5.41) is 0. The molecular weight excluding hydrogens is 477 g/mol. The van der Waals surface area contributed by atoms with Gasteiger partial charge >= 0.3 is 6.18 Å². The molecule has 1 aliphatic heterocycles. The minimum atomic E-state index is -4.61. The van der Waals surface area contributed by atoms with E-state index in [4.69, 9.17) is 0 Å².